The molecule has 0 amide bonds. The van der Waals surface area contributed by atoms with Gasteiger partial charge in [-0.3, -0.25) is 4.79 Å². The fourth-order valence-electron chi connectivity index (χ4n) is 2.99. The summed E-state index contributed by atoms with van der Waals surface area (Å²) in [6.07, 6.45) is 4.65. The molecular weight excluding hydrogens is 216 g/mol. The van der Waals surface area contributed by atoms with Gasteiger partial charge in [0.1, 0.15) is 0 Å². The minimum absolute atomic E-state index is 0.0440. The van der Waals surface area contributed by atoms with Gasteiger partial charge >= 0.3 is 0 Å². The van der Waals surface area contributed by atoms with Gasteiger partial charge in [0.05, 0.1) is 0 Å². The molecule has 0 radical (unpaired) electrons. The molecule has 1 aromatic rings. The topological polar surface area (TPSA) is 50.2 Å². The average molecular weight is 234 g/mol. The van der Waals surface area contributed by atoms with Gasteiger partial charge in [-0.05, 0) is 19.3 Å². The van der Waals surface area contributed by atoms with E-state index < -0.39 is 0 Å². The van der Waals surface area contributed by atoms with E-state index in [0.717, 1.165) is 19.6 Å². The lowest BCUT2D eigenvalue weighted by Gasteiger charge is -2.24. The van der Waals surface area contributed by atoms with Gasteiger partial charge in [0, 0.05) is 44.6 Å². The first kappa shape index (κ1) is 10.8. The van der Waals surface area contributed by atoms with Crippen molar-refractivity contribution in [3.05, 3.63) is 22.7 Å². The Labute approximate surface area is 100 Å². The maximum atomic E-state index is 12.2. The Hall–Kier alpha value is -1.36. The Balaban J connectivity index is 1.97. The molecule has 0 aromatic carbocycles. The largest absolute Gasteiger partial charge is 0.347 e. The molecule has 2 aliphatic heterocycles. The monoisotopic (exact) mass is 234 g/mol. The minimum atomic E-state index is 0.0440. The predicted octanol–water partition coefficient (Wildman–Crippen LogP) is 0.0613. The van der Waals surface area contributed by atoms with Crippen molar-refractivity contribution in [3.63, 3.8) is 0 Å². The molecule has 0 bridgehead atoms. The molecule has 0 saturated carbocycles. The zero-order valence-corrected chi connectivity index (χ0v) is 10.1. The lowest BCUT2D eigenvalue weighted by atomic mass is 10.1. The van der Waals surface area contributed by atoms with Crippen LogP contribution in [-0.2, 0) is 6.54 Å². The van der Waals surface area contributed by atoms with Crippen LogP contribution in [0.1, 0.15) is 13.3 Å². The average Bonchev–Trinajstić information content (AvgIpc) is 2.92. The molecule has 5 heteroatoms. The summed E-state index contributed by atoms with van der Waals surface area (Å²) >= 11 is 0. The highest BCUT2D eigenvalue weighted by molar-refractivity contribution is 5.40. The van der Waals surface area contributed by atoms with E-state index in [0.29, 0.717) is 24.3 Å². The number of anilines is 1. The van der Waals surface area contributed by atoms with Crippen LogP contribution < -0.4 is 15.8 Å². The number of hydrogen-bond donors (Lipinski definition) is 1. The maximum absolute atomic E-state index is 12.2. The highest BCUT2D eigenvalue weighted by atomic mass is 16.1. The van der Waals surface area contributed by atoms with Crippen molar-refractivity contribution in [1.29, 1.82) is 0 Å². The van der Waals surface area contributed by atoms with E-state index >= 15 is 0 Å². The third-order valence-electron chi connectivity index (χ3n) is 3.95. The molecule has 2 saturated heterocycles. The van der Waals surface area contributed by atoms with Gasteiger partial charge in [0.25, 0.3) is 5.56 Å². The molecule has 1 aromatic heterocycles. The lowest BCUT2D eigenvalue weighted by Crippen LogP contribution is -2.39. The summed E-state index contributed by atoms with van der Waals surface area (Å²) in [4.78, 5) is 18.7. The molecule has 3 rings (SSSR count). The summed E-state index contributed by atoms with van der Waals surface area (Å²) in [6.45, 7) is 5.71. The van der Waals surface area contributed by atoms with Gasteiger partial charge in [-0.15, -0.1) is 0 Å². The number of fused-ring (bicyclic) bond motifs is 1. The summed E-state index contributed by atoms with van der Waals surface area (Å²) in [6, 6.07) is 0.461. The first-order valence-corrected chi connectivity index (χ1v) is 6.34. The maximum Gasteiger partial charge on any atom is 0.293 e. The summed E-state index contributed by atoms with van der Waals surface area (Å²) < 4.78 is 1.72. The first-order valence-electron chi connectivity index (χ1n) is 6.34. The molecule has 0 aliphatic carbocycles. The standard InChI is InChI=1S/C12H18N4O/c1-2-15-6-4-14-11(12(15)17)16-5-3-9-7-13-8-10(9)16/h4,6,9-10,13H,2-3,5,7-8H2,1H3/t9-,10+/m0/s1. The molecule has 3 heterocycles. The van der Waals surface area contributed by atoms with Crippen LogP contribution in [-0.4, -0.2) is 35.2 Å². The number of nitrogens with zero attached hydrogens (tertiary/aromatic N) is 3. The molecule has 2 fully saturated rings. The summed E-state index contributed by atoms with van der Waals surface area (Å²) in [5, 5.41) is 3.39. The molecule has 0 unspecified atom stereocenters. The fourth-order valence-corrected chi connectivity index (χ4v) is 2.99. The Morgan fingerprint density at radius 1 is 1.53 bits per heavy atom. The van der Waals surface area contributed by atoms with E-state index in [2.05, 4.69) is 15.2 Å². The number of hydrogen-bond acceptors (Lipinski definition) is 4. The van der Waals surface area contributed by atoms with Gasteiger partial charge in [0.15, 0.2) is 5.82 Å². The molecule has 1 N–H and O–H groups in total. The molecular formula is C12H18N4O. The van der Waals surface area contributed by atoms with Crippen molar-refractivity contribution in [1.82, 2.24) is 14.9 Å². The Bertz CT molecular complexity index is 470. The first-order chi connectivity index (χ1) is 8.31. The second-order valence-electron chi connectivity index (χ2n) is 4.81. The number of aryl methyl sites for hydroxylation is 1. The van der Waals surface area contributed by atoms with Gasteiger partial charge in [0.2, 0.25) is 0 Å². The number of rotatable bonds is 2. The molecule has 2 aliphatic rings. The van der Waals surface area contributed by atoms with Crippen molar-refractivity contribution in [2.24, 2.45) is 5.92 Å². The SMILES string of the molecule is CCn1ccnc(N2CC[C@H]3CNC[C@H]32)c1=O. The van der Waals surface area contributed by atoms with Crippen LogP contribution in [0.2, 0.25) is 0 Å². The van der Waals surface area contributed by atoms with Gasteiger partial charge in [-0.2, -0.15) is 0 Å². The Kier molecular flexibility index (Phi) is 2.63. The smallest absolute Gasteiger partial charge is 0.293 e. The lowest BCUT2D eigenvalue weighted by molar-refractivity contribution is 0.575. The van der Waals surface area contributed by atoms with Gasteiger partial charge in [-0.1, -0.05) is 0 Å². The zero-order valence-electron chi connectivity index (χ0n) is 10.1. The van der Waals surface area contributed by atoms with Gasteiger partial charge < -0.3 is 14.8 Å². The molecule has 17 heavy (non-hydrogen) atoms. The van der Waals surface area contributed by atoms with Crippen molar-refractivity contribution in [2.45, 2.75) is 25.9 Å². The quantitative estimate of drug-likeness (QED) is 0.786. The molecule has 92 valence electrons. The highest BCUT2D eigenvalue weighted by Gasteiger charge is 2.39. The van der Waals surface area contributed by atoms with E-state index in [1.54, 1.807) is 17.0 Å². The van der Waals surface area contributed by atoms with Crippen molar-refractivity contribution < 1.29 is 0 Å². The fraction of sp³-hybridized carbons (Fsp3) is 0.667. The highest BCUT2D eigenvalue weighted by Crippen LogP contribution is 2.29. The number of aromatic nitrogens is 2. The molecule has 5 nitrogen and oxygen atoms in total. The van der Waals surface area contributed by atoms with Crippen LogP contribution >= 0.6 is 0 Å². The van der Waals surface area contributed by atoms with Crippen LogP contribution in [0.3, 0.4) is 0 Å². The third kappa shape index (κ3) is 1.65. The van der Waals surface area contributed by atoms with E-state index in [-0.39, 0.29) is 5.56 Å². The normalized spacial score (nSPS) is 27.5. The van der Waals surface area contributed by atoms with Gasteiger partial charge in [-0.25, -0.2) is 4.98 Å². The second kappa shape index (κ2) is 4.14. The Morgan fingerprint density at radius 3 is 3.24 bits per heavy atom. The minimum Gasteiger partial charge on any atom is -0.347 e. The van der Waals surface area contributed by atoms with Crippen LogP contribution in [0, 0.1) is 5.92 Å². The summed E-state index contributed by atoms with van der Waals surface area (Å²) in [5.74, 6) is 1.32. The van der Waals surface area contributed by atoms with Crippen LogP contribution in [0.5, 0.6) is 0 Å². The van der Waals surface area contributed by atoms with Crippen molar-refractivity contribution in [2.75, 3.05) is 24.5 Å². The third-order valence-corrected chi connectivity index (χ3v) is 3.95. The zero-order chi connectivity index (χ0) is 11.8. The van der Waals surface area contributed by atoms with E-state index in [4.69, 9.17) is 0 Å². The summed E-state index contributed by atoms with van der Waals surface area (Å²) in [5.41, 5.74) is 0.0440. The van der Waals surface area contributed by atoms with Crippen molar-refractivity contribution in [3.8, 4) is 0 Å². The molecule has 0 spiro atoms. The van der Waals surface area contributed by atoms with Crippen LogP contribution in [0.4, 0.5) is 5.82 Å². The van der Waals surface area contributed by atoms with Crippen LogP contribution in [0.15, 0.2) is 17.2 Å². The van der Waals surface area contributed by atoms with E-state index in [1.165, 1.54) is 6.42 Å². The van der Waals surface area contributed by atoms with E-state index in [1.807, 2.05) is 6.92 Å². The number of nitrogens with one attached hydrogen (secondary N) is 1. The predicted molar refractivity (Wildman–Crippen MR) is 66.3 cm³/mol. The summed E-state index contributed by atoms with van der Waals surface area (Å²) in [7, 11) is 0. The van der Waals surface area contributed by atoms with Crippen LogP contribution in [0.25, 0.3) is 0 Å². The van der Waals surface area contributed by atoms with E-state index in [9.17, 15) is 4.79 Å². The van der Waals surface area contributed by atoms with Crippen molar-refractivity contribution >= 4 is 5.82 Å². The molecule has 2 atom stereocenters. The second-order valence-corrected chi connectivity index (χ2v) is 4.81. The Morgan fingerprint density at radius 2 is 2.41 bits per heavy atom.